The van der Waals surface area contributed by atoms with Gasteiger partial charge in [-0.25, -0.2) is 4.39 Å². The van der Waals surface area contributed by atoms with Crippen LogP contribution >= 0.6 is 0 Å². The van der Waals surface area contributed by atoms with Crippen molar-refractivity contribution in [2.75, 3.05) is 6.54 Å². The second-order valence-corrected chi connectivity index (χ2v) is 9.34. The van der Waals surface area contributed by atoms with E-state index in [0.717, 1.165) is 28.6 Å². The third-order valence-corrected chi connectivity index (χ3v) is 7.34. The number of carbonyl (C=O) groups is 1. The van der Waals surface area contributed by atoms with E-state index in [1.807, 2.05) is 53.8 Å². The van der Waals surface area contributed by atoms with Crippen LogP contribution in [0.2, 0.25) is 0 Å². The van der Waals surface area contributed by atoms with E-state index in [2.05, 4.69) is 5.10 Å². The van der Waals surface area contributed by atoms with Crippen molar-refractivity contribution in [1.82, 2.24) is 14.7 Å². The summed E-state index contributed by atoms with van der Waals surface area (Å²) in [7, 11) is 0. The van der Waals surface area contributed by atoms with Crippen LogP contribution in [0.5, 0.6) is 0 Å². The highest BCUT2D eigenvalue weighted by molar-refractivity contribution is 5.86. The normalized spacial score (nSPS) is 18.0. The summed E-state index contributed by atoms with van der Waals surface area (Å²) in [5, 5.41) is 4.67. The van der Waals surface area contributed by atoms with Gasteiger partial charge in [0.25, 0.3) is 0 Å². The lowest BCUT2D eigenvalue weighted by Gasteiger charge is -2.47. The number of hydrogen-bond acceptors (Lipinski definition) is 3. The van der Waals surface area contributed by atoms with Gasteiger partial charge in [0, 0.05) is 36.8 Å². The molecule has 9 heteroatoms. The molecule has 2 atom stereocenters. The van der Waals surface area contributed by atoms with Crippen molar-refractivity contribution in [2.45, 2.75) is 64.3 Å². The predicted octanol–water partition coefficient (Wildman–Crippen LogP) is 5.30. The maximum atomic E-state index is 14.9. The predicted molar refractivity (Wildman–Crippen MR) is 129 cm³/mol. The third kappa shape index (κ3) is 4.40. The molecule has 2 unspecified atom stereocenters. The van der Waals surface area contributed by atoms with Crippen LogP contribution in [0.3, 0.4) is 0 Å². The van der Waals surface area contributed by atoms with Gasteiger partial charge in [-0.1, -0.05) is 42.5 Å². The smallest absolute Gasteiger partial charge is 0.368 e. The summed E-state index contributed by atoms with van der Waals surface area (Å²) in [6.07, 6.45) is -3.80. The largest absolute Gasteiger partial charge is 0.419 e. The summed E-state index contributed by atoms with van der Waals surface area (Å²) >= 11 is 0. The first-order valence-electron chi connectivity index (χ1n) is 12.0. The molecule has 2 aromatic carbocycles. The molecular formula is C27H30F4N4O. The number of alkyl halides is 3. The van der Waals surface area contributed by atoms with Gasteiger partial charge in [0.05, 0.1) is 11.3 Å². The van der Waals surface area contributed by atoms with Crippen LogP contribution in [-0.2, 0) is 35.9 Å². The molecule has 3 aromatic rings. The van der Waals surface area contributed by atoms with E-state index in [-0.39, 0.29) is 18.4 Å². The summed E-state index contributed by atoms with van der Waals surface area (Å²) < 4.78 is 56.7. The van der Waals surface area contributed by atoms with Crippen LogP contribution in [0, 0.1) is 12.7 Å². The molecule has 192 valence electrons. The van der Waals surface area contributed by atoms with Crippen molar-refractivity contribution in [3.8, 4) is 0 Å². The topological polar surface area (TPSA) is 64.2 Å². The van der Waals surface area contributed by atoms with Gasteiger partial charge in [0.1, 0.15) is 11.4 Å². The van der Waals surface area contributed by atoms with E-state index < -0.39 is 35.0 Å². The summed E-state index contributed by atoms with van der Waals surface area (Å²) in [5.41, 5.74) is 6.98. The van der Waals surface area contributed by atoms with Crippen LogP contribution in [0.25, 0.3) is 0 Å². The molecule has 0 aliphatic carbocycles. The number of nitrogens with zero attached hydrogens (tertiary/aromatic N) is 3. The number of aryl methyl sites for hydroxylation is 3. The molecule has 0 bridgehead atoms. The fourth-order valence-corrected chi connectivity index (χ4v) is 5.47. The molecule has 1 amide bonds. The minimum absolute atomic E-state index is 0.0158. The number of carbonyl (C=O) groups excluding carboxylic acids is 1. The Labute approximate surface area is 207 Å². The maximum Gasteiger partial charge on any atom is 0.419 e. The van der Waals surface area contributed by atoms with Crippen molar-refractivity contribution in [3.05, 3.63) is 88.0 Å². The van der Waals surface area contributed by atoms with Gasteiger partial charge in [-0.3, -0.25) is 14.4 Å². The molecule has 0 radical (unpaired) electrons. The van der Waals surface area contributed by atoms with E-state index in [0.29, 0.717) is 19.5 Å². The Morgan fingerprint density at radius 3 is 2.44 bits per heavy atom. The highest BCUT2D eigenvalue weighted by Crippen LogP contribution is 2.43. The molecule has 0 fully saturated rings. The van der Waals surface area contributed by atoms with E-state index in [9.17, 15) is 22.4 Å². The Kier molecular flexibility index (Phi) is 6.96. The second kappa shape index (κ2) is 9.69. The Bertz CT molecular complexity index is 1250. The van der Waals surface area contributed by atoms with E-state index in [4.69, 9.17) is 5.73 Å². The lowest BCUT2D eigenvalue weighted by Crippen LogP contribution is -2.56. The number of aromatic nitrogens is 2. The lowest BCUT2D eigenvalue weighted by molar-refractivity contribution is -0.140. The first kappa shape index (κ1) is 25.9. The average Bonchev–Trinajstić information content (AvgIpc) is 3.18. The Hall–Kier alpha value is -3.20. The lowest BCUT2D eigenvalue weighted by atomic mass is 9.82. The van der Waals surface area contributed by atoms with Gasteiger partial charge < -0.3 is 5.73 Å². The van der Waals surface area contributed by atoms with Crippen LogP contribution in [-0.4, -0.2) is 27.1 Å². The summed E-state index contributed by atoms with van der Waals surface area (Å²) in [4.78, 5) is 15.0. The standard InChI is InChI=1S/C27H30F4N4O/c1-4-35-22-15-16-34(26(3,25(32)36)19-10-6-5-7-11-19)21(23(22)17(2)33-35)14-13-18-9-8-12-20(24(18)28)27(29,30)31/h5-12,21H,4,13-16H2,1-3H3,(H2,32,36). The minimum Gasteiger partial charge on any atom is -0.368 e. The molecule has 4 rings (SSSR count). The third-order valence-electron chi connectivity index (χ3n) is 7.34. The number of halogens is 4. The second-order valence-electron chi connectivity index (χ2n) is 9.34. The maximum absolute atomic E-state index is 14.9. The number of fused-ring (bicyclic) bond motifs is 1. The molecular weight excluding hydrogens is 472 g/mol. The fraction of sp³-hybridized carbons (Fsp3) is 0.407. The molecule has 0 spiro atoms. The molecule has 1 aliphatic rings. The highest BCUT2D eigenvalue weighted by Gasteiger charge is 2.46. The van der Waals surface area contributed by atoms with E-state index in [1.54, 1.807) is 6.92 Å². The molecule has 2 N–H and O–H groups in total. The van der Waals surface area contributed by atoms with Gasteiger partial charge in [0.2, 0.25) is 5.91 Å². The average molecular weight is 503 g/mol. The highest BCUT2D eigenvalue weighted by atomic mass is 19.4. The zero-order valence-electron chi connectivity index (χ0n) is 20.6. The molecule has 1 aromatic heterocycles. The SMILES string of the molecule is CCn1nc(C)c2c1CCN(C(C)(C(N)=O)c1ccccc1)C2CCc1cccc(C(F)(F)F)c1F. The number of rotatable bonds is 7. The number of hydrogen-bond donors (Lipinski definition) is 1. The Morgan fingerprint density at radius 2 is 1.83 bits per heavy atom. The number of nitrogens with two attached hydrogens (primary N) is 1. The Morgan fingerprint density at radius 1 is 1.14 bits per heavy atom. The van der Waals surface area contributed by atoms with Crippen LogP contribution in [0.4, 0.5) is 17.6 Å². The van der Waals surface area contributed by atoms with Gasteiger partial charge in [-0.15, -0.1) is 0 Å². The van der Waals surface area contributed by atoms with Crippen LogP contribution < -0.4 is 5.73 Å². The molecule has 2 heterocycles. The fourth-order valence-electron chi connectivity index (χ4n) is 5.47. The quantitative estimate of drug-likeness (QED) is 0.446. The minimum atomic E-state index is -4.78. The number of primary amides is 1. The first-order chi connectivity index (χ1) is 17.0. The number of amides is 1. The van der Waals surface area contributed by atoms with Crippen molar-refractivity contribution in [3.63, 3.8) is 0 Å². The Balaban J connectivity index is 1.79. The van der Waals surface area contributed by atoms with Gasteiger partial charge in [0.15, 0.2) is 0 Å². The first-order valence-corrected chi connectivity index (χ1v) is 12.0. The van der Waals surface area contributed by atoms with Gasteiger partial charge >= 0.3 is 6.18 Å². The number of benzene rings is 2. The molecule has 1 aliphatic heterocycles. The molecule has 5 nitrogen and oxygen atoms in total. The van der Waals surface area contributed by atoms with Gasteiger partial charge in [-0.05, 0) is 50.8 Å². The summed E-state index contributed by atoms with van der Waals surface area (Å²) in [5.74, 6) is -1.79. The van der Waals surface area contributed by atoms with Crippen molar-refractivity contribution < 1.29 is 22.4 Å². The monoisotopic (exact) mass is 502 g/mol. The summed E-state index contributed by atoms with van der Waals surface area (Å²) in [6, 6.07) is 12.1. The van der Waals surface area contributed by atoms with Crippen molar-refractivity contribution in [1.29, 1.82) is 0 Å². The van der Waals surface area contributed by atoms with E-state index in [1.165, 1.54) is 12.1 Å². The molecule has 36 heavy (non-hydrogen) atoms. The zero-order chi connectivity index (χ0) is 26.3. The van der Waals surface area contributed by atoms with Crippen LogP contribution in [0.15, 0.2) is 48.5 Å². The molecule has 0 saturated heterocycles. The summed E-state index contributed by atoms with van der Waals surface area (Å²) in [6.45, 7) is 6.80. The van der Waals surface area contributed by atoms with Gasteiger partial charge in [-0.2, -0.15) is 18.3 Å². The van der Waals surface area contributed by atoms with Crippen molar-refractivity contribution >= 4 is 5.91 Å². The molecule has 0 saturated carbocycles. The van der Waals surface area contributed by atoms with E-state index >= 15 is 0 Å². The zero-order valence-corrected chi connectivity index (χ0v) is 20.6. The van der Waals surface area contributed by atoms with Crippen LogP contribution in [0.1, 0.15) is 60.0 Å². The van der Waals surface area contributed by atoms with Crippen molar-refractivity contribution in [2.24, 2.45) is 5.73 Å².